The summed E-state index contributed by atoms with van der Waals surface area (Å²) in [5, 5.41) is 0. The van der Waals surface area contributed by atoms with Gasteiger partial charge in [0.1, 0.15) is 12.4 Å². The summed E-state index contributed by atoms with van der Waals surface area (Å²) in [4.78, 5) is 26.2. The van der Waals surface area contributed by atoms with Gasteiger partial charge in [0.05, 0.1) is 25.3 Å². The monoisotopic (exact) mass is 369 g/mol. The first-order valence-corrected chi connectivity index (χ1v) is 9.04. The molecule has 0 saturated carbocycles. The van der Waals surface area contributed by atoms with Crippen LogP contribution >= 0.6 is 0 Å². The molecule has 27 heavy (non-hydrogen) atoms. The van der Waals surface area contributed by atoms with Crippen molar-refractivity contribution in [1.82, 2.24) is 0 Å². The predicted octanol–water partition coefficient (Wildman–Crippen LogP) is 2.95. The van der Waals surface area contributed by atoms with Crippen LogP contribution < -0.4 is 9.64 Å². The molecule has 2 aromatic rings. The highest BCUT2D eigenvalue weighted by molar-refractivity contribution is 5.78. The Morgan fingerprint density at radius 3 is 2.59 bits per heavy atom. The van der Waals surface area contributed by atoms with E-state index in [9.17, 15) is 9.59 Å². The Labute approximate surface area is 158 Å². The average molecular weight is 369 g/mol. The van der Waals surface area contributed by atoms with Gasteiger partial charge < -0.3 is 19.1 Å². The standard InChI is InChI=1S/C21H23NO5/c1-2-25-21(24)19-14-22(17-10-6-7-11-18(17)27-19)13-12-20(23)26-15-16-8-4-3-5-9-16/h3-11,19H,2,12-15H2,1H3. The van der Waals surface area contributed by atoms with Gasteiger partial charge in [0.25, 0.3) is 0 Å². The molecule has 1 aliphatic heterocycles. The van der Waals surface area contributed by atoms with E-state index in [1.165, 1.54) is 0 Å². The lowest BCUT2D eigenvalue weighted by Gasteiger charge is -2.35. The van der Waals surface area contributed by atoms with Crippen molar-refractivity contribution in [1.29, 1.82) is 0 Å². The van der Waals surface area contributed by atoms with Crippen molar-refractivity contribution in [3.05, 3.63) is 60.2 Å². The summed E-state index contributed by atoms with van der Waals surface area (Å²) in [5.41, 5.74) is 1.80. The van der Waals surface area contributed by atoms with Crippen LogP contribution in [0.15, 0.2) is 54.6 Å². The zero-order valence-electron chi connectivity index (χ0n) is 15.3. The summed E-state index contributed by atoms with van der Waals surface area (Å²) < 4.78 is 16.2. The van der Waals surface area contributed by atoms with E-state index in [1.54, 1.807) is 13.0 Å². The van der Waals surface area contributed by atoms with Crippen molar-refractivity contribution < 1.29 is 23.8 Å². The maximum absolute atomic E-state index is 12.1. The zero-order chi connectivity index (χ0) is 19.1. The van der Waals surface area contributed by atoms with Crippen LogP contribution in [-0.2, 0) is 25.7 Å². The lowest BCUT2D eigenvalue weighted by molar-refractivity contribution is -0.151. The fourth-order valence-electron chi connectivity index (χ4n) is 2.91. The lowest BCUT2D eigenvalue weighted by Crippen LogP contribution is -2.46. The third-order valence-corrected chi connectivity index (χ3v) is 4.24. The van der Waals surface area contributed by atoms with E-state index in [0.717, 1.165) is 11.3 Å². The summed E-state index contributed by atoms with van der Waals surface area (Å²) in [5.74, 6) is -0.0707. The molecule has 142 valence electrons. The fraction of sp³-hybridized carbons (Fsp3) is 0.333. The Hall–Kier alpha value is -3.02. The molecule has 0 amide bonds. The SMILES string of the molecule is CCOC(=O)C1CN(CCC(=O)OCc2ccccc2)c2ccccc2O1. The normalized spacial score (nSPS) is 15.4. The summed E-state index contributed by atoms with van der Waals surface area (Å²) in [6.07, 6.45) is -0.489. The van der Waals surface area contributed by atoms with Crippen LogP contribution in [0.4, 0.5) is 5.69 Å². The highest BCUT2D eigenvalue weighted by Gasteiger charge is 2.31. The fourth-order valence-corrected chi connectivity index (χ4v) is 2.91. The topological polar surface area (TPSA) is 65.1 Å². The third-order valence-electron chi connectivity index (χ3n) is 4.24. The highest BCUT2D eigenvalue weighted by atomic mass is 16.6. The molecule has 0 bridgehead atoms. The van der Waals surface area contributed by atoms with Crippen LogP contribution in [0.1, 0.15) is 18.9 Å². The van der Waals surface area contributed by atoms with Gasteiger partial charge in [-0.2, -0.15) is 0 Å². The maximum Gasteiger partial charge on any atom is 0.349 e. The molecule has 1 heterocycles. The molecule has 0 fully saturated rings. The second-order valence-electron chi connectivity index (χ2n) is 6.17. The Kier molecular flexibility index (Phi) is 6.30. The van der Waals surface area contributed by atoms with Gasteiger partial charge >= 0.3 is 11.9 Å². The Bertz CT molecular complexity index is 777. The number of hydrogen-bond donors (Lipinski definition) is 0. The second-order valence-corrected chi connectivity index (χ2v) is 6.17. The molecule has 0 radical (unpaired) electrons. The molecule has 0 saturated heterocycles. The van der Waals surface area contributed by atoms with Crippen molar-refractivity contribution >= 4 is 17.6 Å². The number of hydrogen-bond acceptors (Lipinski definition) is 6. The molecule has 6 nitrogen and oxygen atoms in total. The first kappa shape index (κ1) is 18.8. The minimum atomic E-state index is -0.708. The van der Waals surface area contributed by atoms with Gasteiger partial charge in [0.2, 0.25) is 6.10 Å². The number of para-hydroxylation sites is 2. The van der Waals surface area contributed by atoms with E-state index >= 15 is 0 Å². The summed E-state index contributed by atoms with van der Waals surface area (Å²) in [7, 11) is 0. The van der Waals surface area contributed by atoms with Gasteiger partial charge in [-0.05, 0) is 24.6 Å². The second kappa shape index (κ2) is 9.07. The first-order chi connectivity index (χ1) is 13.2. The summed E-state index contributed by atoms with van der Waals surface area (Å²) in [6, 6.07) is 17.0. The van der Waals surface area contributed by atoms with Crippen LogP contribution in [0.2, 0.25) is 0 Å². The molecular weight excluding hydrogens is 346 g/mol. The third kappa shape index (κ3) is 5.00. The van der Waals surface area contributed by atoms with Gasteiger partial charge in [0.15, 0.2) is 0 Å². The van der Waals surface area contributed by atoms with Crippen LogP contribution in [0.3, 0.4) is 0 Å². The molecule has 1 aliphatic rings. The van der Waals surface area contributed by atoms with E-state index in [4.69, 9.17) is 14.2 Å². The van der Waals surface area contributed by atoms with E-state index in [0.29, 0.717) is 25.4 Å². The molecule has 1 atom stereocenters. The van der Waals surface area contributed by atoms with Gasteiger partial charge in [-0.25, -0.2) is 4.79 Å². The zero-order valence-corrected chi connectivity index (χ0v) is 15.3. The number of carbonyl (C=O) groups is 2. The van der Waals surface area contributed by atoms with Crippen LogP contribution in [0.5, 0.6) is 5.75 Å². The molecule has 0 aliphatic carbocycles. The number of benzene rings is 2. The minimum Gasteiger partial charge on any atom is -0.475 e. The van der Waals surface area contributed by atoms with Crippen molar-refractivity contribution in [2.24, 2.45) is 0 Å². The van der Waals surface area contributed by atoms with Gasteiger partial charge in [-0.3, -0.25) is 4.79 Å². The first-order valence-electron chi connectivity index (χ1n) is 9.04. The number of fused-ring (bicyclic) bond motifs is 1. The number of nitrogens with zero attached hydrogens (tertiary/aromatic N) is 1. The Morgan fingerprint density at radius 1 is 1.07 bits per heavy atom. The van der Waals surface area contributed by atoms with Gasteiger partial charge in [-0.15, -0.1) is 0 Å². The number of rotatable bonds is 7. The van der Waals surface area contributed by atoms with Crippen LogP contribution in [-0.4, -0.2) is 37.7 Å². The Morgan fingerprint density at radius 2 is 1.81 bits per heavy atom. The number of anilines is 1. The van der Waals surface area contributed by atoms with E-state index in [-0.39, 0.29) is 19.0 Å². The quantitative estimate of drug-likeness (QED) is 0.699. The van der Waals surface area contributed by atoms with Gasteiger partial charge in [-0.1, -0.05) is 42.5 Å². The van der Waals surface area contributed by atoms with E-state index in [1.807, 2.05) is 53.4 Å². The molecular formula is C21H23NO5. The molecule has 1 unspecified atom stereocenters. The lowest BCUT2D eigenvalue weighted by atomic mass is 10.1. The molecule has 6 heteroatoms. The number of esters is 2. The van der Waals surface area contributed by atoms with Crippen LogP contribution in [0, 0.1) is 0 Å². The highest BCUT2D eigenvalue weighted by Crippen LogP contribution is 2.33. The van der Waals surface area contributed by atoms with Gasteiger partial charge in [0, 0.05) is 6.54 Å². The van der Waals surface area contributed by atoms with E-state index in [2.05, 4.69) is 0 Å². The summed E-state index contributed by atoms with van der Waals surface area (Å²) in [6.45, 7) is 3.08. The molecule has 0 N–H and O–H groups in total. The van der Waals surface area contributed by atoms with Crippen LogP contribution in [0.25, 0.3) is 0 Å². The predicted molar refractivity (Wildman–Crippen MR) is 101 cm³/mol. The number of ether oxygens (including phenoxy) is 3. The molecule has 2 aromatic carbocycles. The van der Waals surface area contributed by atoms with Crippen molar-refractivity contribution in [3.8, 4) is 5.75 Å². The summed E-state index contributed by atoms with van der Waals surface area (Å²) >= 11 is 0. The largest absolute Gasteiger partial charge is 0.475 e. The average Bonchev–Trinajstić information content (AvgIpc) is 2.71. The Balaban J connectivity index is 1.59. The van der Waals surface area contributed by atoms with Crippen molar-refractivity contribution in [2.45, 2.75) is 26.1 Å². The minimum absolute atomic E-state index is 0.219. The van der Waals surface area contributed by atoms with Crippen molar-refractivity contribution in [2.75, 3.05) is 24.6 Å². The smallest absolute Gasteiger partial charge is 0.349 e. The molecule has 0 spiro atoms. The van der Waals surface area contributed by atoms with Crippen molar-refractivity contribution in [3.63, 3.8) is 0 Å². The van der Waals surface area contributed by atoms with E-state index < -0.39 is 12.1 Å². The molecule has 3 rings (SSSR count). The maximum atomic E-state index is 12.1. The molecule has 0 aromatic heterocycles. The number of carbonyl (C=O) groups excluding carboxylic acids is 2.